The Hall–Kier alpha value is -1.88. The molecule has 22 heavy (non-hydrogen) atoms. The van der Waals surface area contributed by atoms with Crippen LogP contribution in [0.2, 0.25) is 0 Å². The van der Waals surface area contributed by atoms with Crippen LogP contribution in [-0.2, 0) is 22.7 Å². The van der Waals surface area contributed by atoms with Crippen LogP contribution in [0.1, 0.15) is 43.2 Å². The van der Waals surface area contributed by atoms with E-state index in [0.717, 1.165) is 36.8 Å². The molecule has 120 valence electrons. The van der Waals surface area contributed by atoms with E-state index in [2.05, 4.69) is 5.32 Å². The second kappa shape index (κ2) is 7.94. The van der Waals surface area contributed by atoms with E-state index in [1.807, 2.05) is 24.3 Å². The largest absolute Gasteiger partial charge is 0.344 e. The van der Waals surface area contributed by atoms with Gasteiger partial charge >= 0.3 is 11.8 Å². The van der Waals surface area contributed by atoms with E-state index in [4.69, 9.17) is 5.73 Å². The summed E-state index contributed by atoms with van der Waals surface area (Å²) in [6.45, 7) is 0.808. The van der Waals surface area contributed by atoms with Crippen LogP contribution >= 0.6 is 0 Å². The number of rotatable bonds is 4. The Bertz CT molecular complexity index is 524. The highest BCUT2D eigenvalue weighted by atomic mass is 16.2. The normalized spacial score (nSPS) is 15.4. The van der Waals surface area contributed by atoms with Gasteiger partial charge < -0.3 is 16.0 Å². The molecule has 3 N–H and O–H groups in total. The van der Waals surface area contributed by atoms with Crippen molar-refractivity contribution in [2.75, 3.05) is 7.05 Å². The summed E-state index contributed by atoms with van der Waals surface area (Å²) >= 11 is 0. The summed E-state index contributed by atoms with van der Waals surface area (Å²) in [5, 5.41) is 2.70. The lowest BCUT2D eigenvalue weighted by Crippen LogP contribution is -2.46. The maximum absolute atomic E-state index is 12.2. The molecule has 1 aliphatic carbocycles. The number of nitrogens with one attached hydrogen (secondary N) is 1. The van der Waals surface area contributed by atoms with Crippen molar-refractivity contribution in [3.63, 3.8) is 0 Å². The van der Waals surface area contributed by atoms with Gasteiger partial charge in [-0.15, -0.1) is 0 Å². The summed E-state index contributed by atoms with van der Waals surface area (Å²) in [6, 6.07) is 7.89. The third kappa shape index (κ3) is 4.31. The van der Waals surface area contributed by atoms with Crippen molar-refractivity contribution in [1.29, 1.82) is 0 Å². The first-order chi connectivity index (χ1) is 10.6. The molecule has 0 bridgehead atoms. The predicted molar refractivity (Wildman–Crippen MR) is 85.8 cm³/mol. The zero-order valence-corrected chi connectivity index (χ0v) is 13.2. The quantitative estimate of drug-likeness (QED) is 0.829. The number of nitrogens with two attached hydrogens (primary N) is 1. The average Bonchev–Trinajstić information content (AvgIpc) is 2.59. The van der Waals surface area contributed by atoms with E-state index < -0.39 is 11.8 Å². The van der Waals surface area contributed by atoms with Crippen molar-refractivity contribution in [3.8, 4) is 0 Å². The third-order valence-corrected chi connectivity index (χ3v) is 4.32. The Kier molecular flexibility index (Phi) is 5.95. The number of carbonyl (C=O) groups excluding carboxylic acids is 2. The Labute approximate surface area is 131 Å². The Balaban J connectivity index is 1.86. The molecule has 1 fully saturated rings. The molecule has 1 aromatic rings. The highest BCUT2D eigenvalue weighted by Crippen LogP contribution is 2.21. The van der Waals surface area contributed by atoms with Crippen molar-refractivity contribution in [2.45, 2.75) is 51.2 Å². The number of likely N-dealkylation sites (N-methyl/N-ethyl adjacent to an activating group) is 1. The van der Waals surface area contributed by atoms with Crippen LogP contribution < -0.4 is 11.1 Å². The Morgan fingerprint density at radius 1 is 1.23 bits per heavy atom. The van der Waals surface area contributed by atoms with Crippen molar-refractivity contribution < 1.29 is 9.59 Å². The van der Waals surface area contributed by atoms with E-state index in [9.17, 15) is 9.59 Å². The fourth-order valence-electron chi connectivity index (χ4n) is 2.92. The Morgan fingerprint density at radius 3 is 2.59 bits per heavy atom. The zero-order chi connectivity index (χ0) is 15.9. The summed E-state index contributed by atoms with van der Waals surface area (Å²) < 4.78 is 0. The second-order valence-electron chi connectivity index (χ2n) is 5.91. The van der Waals surface area contributed by atoms with E-state index >= 15 is 0 Å². The van der Waals surface area contributed by atoms with Gasteiger partial charge in [0, 0.05) is 26.2 Å². The van der Waals surface area contributed by atoms with Crippen LogP contribution in [0.3, 0.4) is 0 Å². The molecule has 1 saturated carbocycles. The van der Waals surface area contributed by atoms with Gasteiger partial charge in [0.25, 0.3) is 0 Å². The van der Waals surface area contributed by atoms with Crippen LogP contribution in [-0.4, -0.2) is 29.8 Å². The van der Waals surface area contributed by atoms with E-state index in [-0.39, 0.29) is 6.04 Å². The summed E-state index contributed by atoms with van der Waals surface area (Å²) in [4.78, 5) is 25.8. The molecule has 0 heterocycles. The minimum Gasteiger partial charge on any atom is -0.344 e. The van der Waals surface area contributed by atoms with E-state index in [1.165, 1.54) is 6.42 Å². The van der Waals surface area contributed by atoms with Crippen LogP contribution in [0.25, 0.3) is 0 Å². The predicted octanol–water partition coefficient (Wildman–Crippen LogP) is 1.55. The average molecular weight is 303 g/mol. The zero-order valence-electron chi connectivity index (χ0n) is 13.2. The van der Waals surface area contributed by atoms with E-state index in [1.54, 1.807) is 11.9 Å². The van der Waals surface area contributed by atoms with Gasteiger partial charge in [-0.3, -0.25) is 9.59 Å². The van der Waals surface area contributed by atoms with Crippen molar-refractivity contribution in [3.05, 3.63) is 35.4 Å². The van der Waals surface area contributed by atoms with Crippen LogP contribution in [0.15, 0.2) is 24.3 Å². The lowest BCUT2D eigenvalue weighted by atomic mass is 9.94. The maximum atomic E-state index is 12.2. The first-order valence-electron chi connectivity index (χ1n) is 7.94. The van der Waals surface area contributed by atoms with Gasteiger partial charge in [0.05, 0.1) is 0 Å². The first-order valence-corrected chi connectivity index (χ1v) is 7.94. The van der Waals surface area contributed by atoms with Gasteiger partial charge in [-0.1, -0.05) is 43.5 Å². The van der Waals surface area contributed by atoms with Gasteiger partial charge in [0.2, 0.25) is 0 Å². The number of carbonyl (C=O) groups is 2. The summed E-state index contributed by atoms with van der Waals surface area (Å²) in [7, 11) is 1.73. The highest BCUT2D eigenvalue weighted by Gasteiger charge is 2.26. The fraction of sp³-hybridized carbons (Fsp3) is 0.529. The molecule has 0 unspecified atom stereocenters. The second-order valence-corrected chi connectivity index (χ2v) is 5.91. The SMILES string of the molecule is CN(C(=O)C(=O)NCc1cccc(CN)c1)C1CCCCC1. The van der Waals surface area contributed by atoms with Gasteiger partial charge in [-0.25, -0.2) is 0 Å². The number of hydrogen-bond acceptors (Lipinski definition) is 3. The number of amides is 2. The van der Waals surface area contributed by atoms with Gasteiger partial charge in [0.1, 0.15) is 0 Å². The van der Waals surface area contributed by atoms with Crippen LogP contribution in [0.5, 0.6) is 0 Å². The fourth-order valence-corrected chi connectivity index (χ4v) is 2.92. The first kappa shape index (κ1) is 16.5. The molecule has 1 aromatic carbocycles. The highest BCUT2D eigenvalue weighted by molar-refractivity contribution is 6.34. The van der Waals surface area contributed by atoms with Crippen molar-refractivity contribution in [2.24, 2.45) is 5.73 Å². The minimum atomic E-state index is -0.536. The maximum Gasteiger partial charge on any atom is 0.311 e. The minimum absolute atomic E-state index is 0.201. The molecule has 5 heteroatoms. The molecule has 0 radical (unpaired) electrons. The molecular formula is C17H25N3O2. The lowest BCUT2D eigenvalue weighted by molar-refractivity contribution is -0.146. The molecule has 1 aliphatic rings. The molecule has 0 spiro atoms. The van der Waals surface area contributed by atoms with Crippen LogP contribution in [0, 0.1) is 0 Å². The van der Waals surface area contributed by atoms with Gasteiger partial charge in [-0.2, -0.15) is 0 Å². The molecule has 0 aromatic heterocycles. The number of benzene rings is 1. The molecule has 0 aliphatic heterocycles. The lowest BCUT2D eigenvalue weighted by Gasteiger charge is -2.30. The summed E-state index contributed by atoms with van der Waals surface area (Å²) in [6.07, 6.45) is 5.48. The molecule has 2 rings (SSSR count). The molecule has 5 nitrogen and oxygen atoms in total. The van der Waals surface area contributed by atoms with Crippen LogP contribution in [0.4, 0.5) is 0 Å². The topological polar surface area (TPSA) is 75.4 Å². The Morgan fingerprint density at radius 2 is 1.91 bits per heavy atom. The summed E-state index contributed by atoms with van der Waals surface area (Å²) in [5.74, 6) is -0.979. The van der Waals surface area contributed by atoms with Gasteiger partial charge in [0.15, 0.2) is 0 Å². The third-order valence-electron chi connectivity index (χ3n) is 4.32. The molecular weight excluding hydrogens is 278 g/mol. The van der Waals surface area contributed by atoms with E-state index in [0.29, 0.717) is 13.1 Å². The molecule has 0 atom stereocenters. The summed E-state index contributed by atoms with van der Waals surface area (Å²) in [5.41, 5.74) is 7.56. The number of nitrogens with zero attached hydrogens (tertiary/aromatic N) is 1. The standard InChI is InChI=1S/C17H25N3O2/c1-20(15-8-3-2-4-9-15)17(22)16(21)19-12-14-7-5-6-13(10-14)11-18/h5-7,10,15H,2-4,8-9,11-12,18H2,1H3,(H,19,21). The molecule has 0 saturated heterocycles. The van der Waals surface area contributed by atoms with Crippen molar-refractivity contribution >= 4 is 11.8 Å². The van der Waals surface area contributed by atoms with Gasteiger partial charge in [-0.05, 0) is 24.0 Å². The smallest absolute Gasteiger partial charge is 0.311 e. The monoisotopic (exact) mass is 303 g/mol. The number of hydrogen-bond donors (Lipinski definition) is 2. The van der Waals surface area contributed by atoms with Crippen molar-refractivity contribution in [1.82, 2.24) is 10.2 Å². The molecule has 2 amide bonds.